The largest absolute Gasteiger partial charge is 0.441 e. The predicted octanol–water partition coefficient (Wildman–Crippen LogP) is 2.53. The first-order valence-corrected chi connectivity index (χ1v) is 10.9. The number of likely N-dealkylation sites (N-methyl/N-ethyl adjacent to an activating group) is 1. The number of rotatable bonds is 8. The second-order valence-electron chi connectivity index (χ2n) is 8.05. The molecule has 0 N–H and O–H groups in total. The van der Waals surface area contributed by atoms with Crippen LogP contribution in [0.5, 0.6) is 0 Å². The van der Waals surface area contributed by atoms with Crippen molar-refractivity contribution >= 4 is 23.8 Å². The molecule has 2 aliphatic heterocycles. The first kappa shape index (κ1) is 21.4. The number of thioether (sulfide) groups is 1. The molecule has 2 heterocycles. The number of hydrogen-bond acceptors (Lipinski definition) is 5. The highest BCUT2D eigenvalue weighted by atomic mass is 32.2. The average molecular weight is 386 g/mol. The number of likely N-dealkylation sites (tertiary alicyclic amines) is 1. The van der Waals surface area contributed by atoms with Crippen molar-refractivity contribution in [2.75, 3.05) is 52.1 Å². The van der Waals surface area contributed by atoms with Crippen LogP contribution >= 0.6 is 11.8 Å². The molecule has 2 aliphatic rings. The summed E-state index contributed by atoms with van der Waals surface area (Å²) in [6.45, 7) is 13.1. The Balaban J connectivity index is 1.82. The maximum atomic E-state index is 12.5. The summed E-state index contributed by atoms with van der Waals surface area (Å²) in [6.07, 6.45) is 1.29. The number of amides is 2. The van der Waals surface area contributed by atoms with Crippen LogP contribution in [0.25, 0.3) is 0 Å². The van der Waals surface area contributed by atoms with E-state index in [1.165, 1.54) is 0 Å². The molecule has 0 aromatic carbocycles. The Hall–Kier alpha value is -0.950. The van der Waals surface area contributed by atoms with Crippen molar-refractivity contribution in [2.45, 2.75) is 51.4 Å². The van der Waals surface area contributed by atoms with Crippen molar-refractivity contribution in [3.8, 4) is 0 Å². The zero-order chi connectivity index (χ0) is 19.3. The van der Waals surface area contributed by atoms with Crippen LogP contribution in [0, 0.1) is 5.92 Å². The maximum absolute atomic E-state index is 12.5. The molecule has 2 fully saturated rings. The zero-order valence-corrected chi connectivity index (χ0v) is 17.8. The Morgan fingerprint density at radius 3 is 2.54 bits per heavy atom. The number of carbonyl (C=O) groups is 2. The third-order valence-corrected chi connectivity index (χ3v) is 6.26. The molecular formula is C19H35N3O3S. The Labute approximate surface area is 162 Å². The van der Waals surface area contributed by atoms with Gasteiger partial charge in [-0.25, -0.2) is 4.79 Å². The number of hydrogen-bond donors (Lipinski definition) is 0. The first-order valence-electron chi connectivity index (χ1n) is 9.83. The van der Waals surface area contributed by atoms with Gasteiger partial charge in [0.05, 0.1) is 11.8 Å². The molecule has 0 aromatic heterocycles. The van der Waals surface area contributed by atoms with E-state index in [1.54, 1.807) is 11.8 Å². The van der Waals surface area contributed by atoms with Crippen LogP contribution in [-0.4, -0.2) is 89.6 Å². The molecule has 0 aromatic rings. The summed E-state index contributed by atoms with van der Waals surface area (Å²) in [6, 6.07) is 0. The zero-order valence-electron chi connectivity index (χ0n) is 17.0. The van der Waals surface area contributed by atoms with Crippen molar-refractivity contribution in [2.24, 2.45) is 5.92 Å². The SMILES string of the molecule is CCSC(C)C(=O)N1CCC2(CC1)CN(CCN(C)CC(C)C)C(=O)O2. The second kappa shape index (κ2) is 9.31. The van der Waals surface area contributed by atoms with E-state index in [-0.39, 0.29) is 17.3 Å². The van der Waals surface area contributed by atoms with Crippen LogP contribution < -0.4 is 0 Å². The molecule has 0 saturated carbocycles. The van der Waals surface area contributed by atoms with Gasteiger partial charge >= 0.3 is 6.09 Å². The third kappa shape index (κ3) is 5.52. The van der Waals surface area contributed by atoms with Gasteiger partial charge in [0, 0.05) is 45.6 Å². The number of carbonyl (C=O) groups excluding carboxylic acids is 2. The molecule has 0 aliphatic carbocycles. The molecule has 2 saturated heterocycles. The molecule has 150 valence electrons. The van der Waals surface area contributed by atoms with Crippen molar-refractivity contribution in [1.29, 1.82) is 0 Å². The van der Waals surface area contributed by atoms with Crippen molar-refractivity contribution < 1.29 is 14.3 Å². The lowest BCUT2D eigenvalue weighted by molar-refractivity contribution is -0.133. The van der Waals surface area contributed by atoms with E-state index in [2.05, 4.69) is 32.7 Å². The van der Waals surface area contributed by atoms with E-state index in [9.17, 15) is 9.59 Å². The molecule has 26 heavy (non-hydrogen) atoms. The van der Waals surface area contributed by atoms with Crippen LogP contribution in [-0.2, 0) is 9.53 Å². The molecule has 7 heteroatoms. The van der Waals surface area contributed by atoms with Gasteiger partial charge in [0.2, 0.25) is 5.91 Å². The predicted molar refractivity (Wildman–Crippen MR) is 107 cm³/mol. The first-order chi connectivity index (χ1) is 12.3. The Morgan fingerprint density at radius 1 is 1.31 bits per heavy atom. The van der Waals surface area contributed by atoms with Crippen molar-refractivity contribution in [3.63, 3.8) is 0 Å². The van der Waals surface area contributed by atoms with Gasteiger partial charge in [-0.15, -0.1) is 11.8 Å². The van der Waals surface area contributed by atoms with Gasteiger partial charge in [-0.1, -0.05) is 20.8 Å². The van der Waals surface area contributed by atoms with Crippen LogP contribution in [0.3, 0.4) is 0 Å². The highest BCUT2D eigenvalue weighted by Gasteiger charge is 2.47. The molecule has 6 nitrogen and oxygen atoms in total. The fraction of sp³-hybridized carbons (Fsp3) is 0.895. The summed E-state index contributed by atoms with van der Waals surface area (Å²) in [5.74, 6) is 1.78. The van der Waals surface area contributed by atoms with E-state index < -0.39 is 5.60 Å². The fourth-order valence-corrected chi connectivity index (χ4v) is 4.64. The summed E-state index contributed by atoms with van der Waals surface area (Å²) in [5, 5.41) is 0.00757. The third-order valence-electron chi connectivity index (χ3n) is 5.22. The lowest BCUT2D eigenvalue weighted by atomic mass is 9.91. The molecule has 1 unspecified atom stereocenters. The lowest BCUT2D eigenvalue weighted by Crippen LogP contribution is -2.50. The van der Waals surface area contributed by atoms with Gasteiger partial charge in [0.15, 0.2) is 0 Å². The molecule has 0 radical (unpaired) electrons. The molecule has 1 atom stereocenters. The van der Waals surface area contributed by atoms with Gasteiger partial charge in [0.1, 0.15) is 5.60 Å². The van der Waals surface area contributed by atoms with E-state index in [0.29, 0.717) is 32.1 Å². The van der Waals surface area contributed by atoms with Crippen molar-refractivity contribution in [1.82, 2.24) is 14.7 Å². The summed E-state index contributed by atoms with van der Waals surface area (Å²) < 4.78 is 5.78. The maximum Gasteiger partial charge on any atom is 0.410 e. The minimum absolute atomic E-state index is 0.00757. The molecule has 2 amide bonds. The summed E-state index contributed by atoms with van der Waals surface area (Å²) in [7, 11) is 2.09. The number of piperidine rings is 1. The minimum Gasteiger partial charge on any atom is -0.441 e. The second-order valence-corrected chi connectivity index (χ2v) is 9.67. The van der Waals surface area contributed by atoms with Gasteiger partial charge in [-0.3, -0.25) is 4.79 Å². The van der Waals surface area contributed by atoms with Crippen LogP contribution in [0.2, 0.25) is 0 Å². The average Bonchev–Trinajstić information content (AvgIpc) is 2.88. The van der Waals surface area contributed by atoms with Gasteiger partial charge in [-0.05, 0) is 25.6 Å². The van der Waals surface area contributed by atoms with Crippen LogP contribution in [0.15, 0.2) is 0 Å². The van der Waals surface area contributed by atoms with Gasteiger partial charge in [-0.2, -0.15) is 0 Å². The van der Waals surface area contributed by atoms with Crippen LogP contribution in [0.4, 0.5) is 4.79 Å². The molecule has 1 spiro atoms. The number of ether oxygens (including phenoxy) is 1. The summed E-state index contributed by atoms with van der Waals surface area (Å²) in [4.78, 5) is 30.8. The standard InChI is InChI=1S/C19H35N3O3S/c1-6-26-16(4)17(23)21-9-7-19(8-10-21)14-22(18(24)25-19)12-11-20(5)13-15(2)3/h15-16H,6-14H2,1-5H3. The van der Waals surface area contributed by atoms with E-state index in [0.717, 1.165) is 31.7 Å². The monoisotopic (exact) mass is 385 g/mol. The topological polar surface area (TPSA) is 53.1 Å². The van der Waals surface area contributed by atoms with Gasteiger partial charge in [0.25, 0.3) is 0 Å². The fourth-order valence-electron chi connectivity index (χ4n) is 3.84. The Morgan fingerprint density at radius 2 is 1.96 bits per heavy atom. The Kier molecular flexibility index (Phi) is 7.64. The van der Waals surface area contributed by atoms with Gasteiger partial charge < -0.3 is 19.4 Å². The quantitative estimate of drug-likeness (QED) is 0.643. The highest BCUT2D eigenvalue weighted by Crippen LogP contribution is 2.33. The lowest BCUT2D eigenvalue weighted by Gasteiger charge is -2.38. The molecule has 2 rings (SSSR count). The van der Waals surface area contributed by atoms with Crippen LogP contribution in [0.1, 0.15) is 40.5 Å². The van der Waals surface area contributed by atoms with E-state index >= 15 is 0 Å². The number of nitrogens with zero attached hydrogens (tertiary/aromatic N) is 3. The smallest absolute Gasteiger partial charge is 0.410 e. The molecule has 0 bridgehead atoms. The Bertz CT molecular complexity index is 492. The minimum atomic E-state index is -0.397. The summed E-state index contributed by atoms with van der Waals surface area (Å²) in [5.41, 5.74) is -0.397. The molecular weight excluding hydrogens is 350 g/mol. The summed E-state index contributed by atoms with van der Waals surface area (Å²) >= 11 is 1.68. The van der Waals surface area contributed by atoms with E-state index in [4.69, 9.17) is 4.74 Å². The van der Waals surface area contributed by atoms with E-state index in [1.807, 2.05) is 16.7 Å². The van der Waals surface area contributed by atoms with Crippen molar-refractivity contribution in [3.05, 3.63) is 0 Å². The normalized spacial score (nSPS) is 21.0. The highest BCUT2D eigenvalue weighted by molar-refractivity contribution is 8.00.